The van der Waals surface area contributed by atoms with Gasteiger partial charge >= 0.3 is 0 Å². The molecule has 1 aromatic carbocycles. The standard InChI is InChI=1S/C10H8Cl2N4O2/c11-6-1-2-8(7(12)3-6)18-5-10(17)14-9-4-13-16-15-9/h1-4H,5H2,(H2,13,14,15,16,17). The molecule has 2 aromatic rings. The molecule has 0 atom stereocenters. The van der Waals surface area contributed by atoms with Crippen molar-refractivity contribution in [2.45, 2.75) is 0 Å². The highest BCUT2D eigenvalue weighted by Crippen LogP contribution is 2.27. The van der Waals surface area contributed by atoms with Crippen molar-refractivity contribution < 1.29 is 9.53 Å². The lowest BCUT2D eigenvalue weighted by Crippen LogP contribution is -2.20. The smallest absolute Gasteiger partial charge is 0.263 e. The molecule has 1 heterocycles. The molecule has 0 aliphatic heterocycles. The number of ether oxygens (including phenoxy) is 1. The number of halogens is 2. The van der Waals surface area contributed by atoms with Crippen LogP contribution in [0, 0.1) is 0 Å². The van der Waals surface area contributed by atoms with Gasteiger partial charge in [0.25, 0.3) is 5.91 Å². The van der Waals surface area contributed by atoms with Gasteiger partial charge < -0.3 is 10.1 Å². The van der Waals surface area contributed by atoms with Crippen molar-refractivity contribution >= 4 is 34.9 Å². The van der Waals surface area contributed by atoms with Crippen LogP contribution in [0.2, 0.25) is 10.0 Å². The Hall–Kier alpha value is -1.79. The maximum Gasteiger partial charge on any atom is 0.263 e. The monoisotopic (exact) mass is 286 g/mol. The van der Waals surface area contributed by atoms with E-state index < -0.39 is 0 Å². The van der Waals surface area contributed by atoms with Crippen molar-refractivity contribution in [1.82, 2.24) is 15.4 Å². The van der Waals surface area contributed by atoms with E-state index in [1.54, 1.807) is 12.1 Å². The molecule has 0 unspecified atom stereocenters. The van der Waals surface area contributed by atoms with Crippen molar-refractivity contribution in [2.24, 2.45) is 0 Å². The SMILES string of the molecule is O=C(COc1ccc(Cl)cc1Cl)Nc1cn[nH]n1. The Balaban J connectivity index is 1.89. The van der Waals surface area contributed by atoms with Crippen LogP contribution < -0.4 is 10.1 Å². The summed E-state index contributed by atoms with van der Waals surface area (Å²) in [5.74, 6) is 0.345. The quantitative estimate of drug-likeness (QED) is 0.902. The van der Waals surface area contributed by atoms with Crippen LogP contribution in [-0.2, 0) is 4.79 Å². The normalized spacial score (nSPS) is 10.1. The van der Waals surface area contributed by atoms with Crippen molar-refractivity contribution in [2.75, 3.05) is 11.9 Å². The number of hydrogen-bond donors (Lipinski definition) is 2. The summed E-state index contributed by atoms with van der Waals surface area (Å²) in [5.41, 5.74) is 0. The van der Waals surface area contributed by atoms with E-state index in [9.17, 15) is 4.79 Å². The number of rotatable bonds is 4. The molecule has 0 aliphatic carbocycles. The zero-order valence-electron chi connectivity index (χ0n) is 8.98. The number of benzene rings is 1. The molecule has 18 heavy (non-hydrogen) atoms. The van der Waals surface area contributed by atoms with Gasteiger partial charge in [-0.2, -0.15) is 10.3 Å². The van der Waals surface area contributed by atoms with Crippen LogP contribution in [0.4, 0.5) is 5.82 Å². The lowest BCUT2D eigenvalue weighted by molar-refractivity contribution is -0.118. The second-order valence-corrected chi connectivity index (χ2v) is 4.11. The van der Waals surface area contributed by atoms with Gasteiger partial charge in [-0.15, -0.1) is 5.10 Å². The number of nitrogens with one attached hydrogen (secondary N) is 2. The number of carbonyl (C=O) groups is 1. The molecule has 6 nitrogen and oxygen atoms in total. The summed E-state index contributed by atoms with van der Waals surface area (Å²) in [4.78, 5) is 11.5. The van der Waals surface area contributed by atoms with Gasteiger partial charge in [-0.05, 0) is 18.2 Å². The summed E-state index contributed by atoms with van der Waals surface area (Å²) in [6.45, 7) is -0.186. The molecule has 0 bridgehead atoms. The molecule has 1 aromatic heterocycles. The maximum atomic E-state index is 11.5. The summed E-state index contributed by atoms with van der Waals surface area (Å²) in [7, 11) is 0. The molecule has 2 rings (SSSR count). The fourth-order valence-electron chi connectivity index (χ4n) is 1.18. The Morgan fingerprint density at radius 2 is 2.28 bits per heavy atom. The first-order valence-electron chi connectivity index (χ1n) is 4.88. The third-order valence-electron chi connectivity index (χ3n) is 1.94. The number of hydrogen-bond acceptors (Lipinski definition) is 4. The van der Waals surface area contributed by atoms with Gasteiger partial charge in [-0.3, -0.25) is 4.79 Å². The molecule has 0 saturated heterocycles. The second kappa shape index (κ2) is 5.70. The third kappa shape index (κ3) is 3.35. The molecular formula is C10H8Cl2N4O2. The van der Waals surface area contributed by atoms with E-state index in [-0.39, 0.29) is 12.5 Å². The van der Waals surface area contributed by atoms with E-state index in [2.05, 4.69) is 20.7 Å². The van der Waals surface area contributed by atoms with Gasteiger partial charge in [0.1, 0.15) is 5.75 Å². The van der Waals surface area contributed by atoms with Gasteiger partial charge in [0.2, 0.25) is 0 Å². The highest BCUT2D eigenvalue weighted by molar-refractivity contribution is 6.35. The molecule has 0 aliphatic rings. The number of amides is 1. The second-order valence-electron chi connectivity index (χ2n) is 3.27. The van der Waals surface area contributed by atoms with E-state index in [1.807, 2.05) is 0 Å². The average Bonchev–Trinajstić information content (AvgIpc) is 2.80. The zero-order valence-corrected chi connectivity index (χ0v) is 10.5. The Morgan fingerprint density at radius 3 is 2.94 bits per heavy atom. The summed E-state index contributed by atoms with van der Waals surface area (Å²) in [6, 6.07) is 4.75. The van der Waals surface area contributed by atoms with Crippen molar-refractivity contribution in [1.29, 1.82) is 0 Å². The van der Waals surface area contributed by atoms with Crippen LogP contribution in [0.3, 0.4) is 0 Å². The van der Waals surface area contributed by atoms with E-state index in [4.69, 9.17) is 27.9 Å². The lowest BCUT2D eigenvalue weighted by atomic mass is 10.3. The lowest BCUT2D eigenvalue weighted by Gasteiger charge is -2.07. The predicted octanol–water partition coefficient (Wildman–Crippen LogP) is 2.13. The van der Waals surface area contributed by atoms with Crippen LogP contribution in [0.15, 0.2) is 24.4 Å². The topological polar surface area (TPSA) is 79.9 Å². The van der Waals surface area contributed by atoms with Gasteiger partial charge in [0.15, 0.2) is 12.4 Å². The fraction of sp³-hybridized carbons (Fsp3) is 0.100. The first-order chi connectivity index (χ1) is 8.65. The van der Waals surface area contributed by atoms with Gasteiger partial charge in [-0.25, -0.2) is 0 Å². The predicted molar refractivity (Wildman–Crippen MR) is 67.0 cm³/mol. The van der Waals surface area contributed by atoms with Crippen LogP contribution >= 0.6 is 23.2 Å². The van der Waals surface area contributed by atoms with Crippen LogP contribution in [0.1, 0.15) is 0 Å². The molecule has 0 fully saturated rings. The molecular weight excluding hydrogens is 279 g/mol. The van der Waals surface area contributed by atoms with Gasteiger partial charge in [-0.1, -0.05) is 23.2 Å². The number of carbonyl (C=O) groups excluding carboxylic acids is 1. The molecule has 0 spiro atoms. The van der Waals surface area contributed by atoms with Gasteiger partial charge in [0.05, 0.1) is 11.2 Å². The number of anilines is 1. The minimum Gasteiger partial charge on any atom is -0.482 e. The molecule has 94 valence electrons. The zero-order chi connectivity index (χ0) is 13.0. The third-order valence-corrected chi connectivity index (χ3v) is 2.47. The minimum absolute atomic E-state index is 0.186. The Labute approximate surface area is 112 Å². The first-order valence-corrected chi connectivity index (χ1v) is 5.64. The van der Waals surface area contributed by atoms with Crippen LogP contribution in [0.25, 0.3) is 0 Å². The van der Waals surface area contributed by atoms with Crippen molar-refractivity contribution in [3.05, 3.63) is 34.4 Å². The Morgan fingerprint density at radius 1 is 1.44 bits per heavy atom. The van der Waals surface area contributed by atoms with E-state index in [1.165, 1.54) is 12.3 Å². The summed E-state index contributed by atoms with van der Waals surface area (Å²) < 4.78 is 5.24. The van der Waals surface area contributed by atoms with Crippen molar-refractivity contribution in [3.8, 4) is 5.75 Å². The summed E-state index contributed by atoms with van der Waals surface area (Å²) in [6.07, 6.45) is 1.38. The first kappa shape index (κ1) is 12.7. The van der Waals surface area contributed by atoms with E-state index >= 15 is 0 Å². The highest BCUT2D eigenvalue weighted by atomic mass is 35.5. The van der Waals surface area contributed by atoms with Crippen LogP contribution in [0.5, 0.6) is 5.75 Å². The molecule has 0 radical (unpaired) electrons. The van der Waals surface area contributed by atoms with E-state index in [0.717, 1.165) is 0 Å². The Kier molecular flexibility index (Phi) is 4.01. The molecule has 0 saturated carbocycles. The molecule has 8 heteroatoms. The largest absolute Gasteiger partial charge is 0.482 e. The minimum atomic E-state index is -0.366. The Bertz CT molecular complexity index is 545. The van der Waals surface area contributed by atoms with E-state index in [0.29, 0.717) is 21.6 Å². The number of H-pyrrole nitrogens is 1. The molecule has 1 amide bonds. The van der Waals surface area contributed by atoms with Gasteiger partial charge in [0, 0.05) is 5.02 Å². The average molecular weight is 287 g/mol. The fourth-order valence-corrected chi connectivity index (χ4v) is 1.64. The van der Waals surface area contributed by atoms with Crippen molar-refractivity contribution in [3.63, 3.8) is 0 Å². The molecule has 2 N–H and O–H groups in total. The number of aromatic amines is 1. The number of nitrogens with zero attached hydrogens (tertiary/aromatic N) is 2. The number of aromatic nitrogens is 3. The maximum absolute atomic E-state index is 11.5. The summed E-state index contributed by atoms with van der Waals surface area (Å²) in [5, 5.41) is 12.9. The summed E-state index contributed by atoms with van der Waals surface area (Å²) >= 11 is 11.6. The highest BCUT2D eigenvalue weighted by Gasteiger charge is 2.07. The van der Waals surface area contributed by atoms with Crippen LogP contribution in [-0.4, -0.2) is 27.9 Å².